The molecule has 0 fully saturated rings. The molecule has 0 unspecified atom stereocenters. The Balaban J connectivity index is 1.64. The molecule has 0 spiro atoms. The zero-order valence-corrected chi connectivity index (χ0v) is 13.8. The van der Waals surface area contributed by atoms with E-state index in [2.05, 4.69) is 20.4 Å². The summed E-state index contributed by atoms with van der Waals surface area (Å²) in [6.07, 6.45) is 2.47. The van der Waals surface area contributed by atoms with Crippen LogP contribution in [0.25, 0.3) is 11.0 Å². The number of carbonyl (C=O) groups excluding carboxylic acids is 1. The number of nitrogens with two attached hydrogens (primary N) is 1. The number of carbonyl (C=O) groups is 1. The summed E-state index contributed by atoms with van der Waals surface area (Å²) in [4.78, 5) is 21.2. The Bertz CT molecular complexity index is 1050. The topological polar surface area (TPSA) is 112 Å². The number of anilines is 2. The third-order valence-corrected chi connectivity index (χ3v) is 3.95. The largest absolute Gasteiger partial charge is 0.381 e. The van der Waals surface area contributed by atoms with E-state index in [1.165, 1.54) is 6.07 Å². The van der Waals surface area contributed by atoms with Gasteiger partial charge in [-0.3, -0.25) is 15.1 Å². The maximum atomic E-state index is 12.4. The van der Waals surface area contributed by atoms with Crippen molar-refractivity contribution in [2.45, 2.75) is 13.0 Å². The third kappa shape index (κ3) is 3.12. The van der Waals surface area contributed by atoms with Crippen molar-refractivity contribution < 1.29 is 9.32 Å². The Hall–Kier alpha value is -3.68. The molecule has 0 saturated heterocycles. The first-order valence-electron chi connectivity index (χ1n) is 8.09. The molecule has 0 aliphatic rings. The lowest BCUT2D eigenvalue weighted by Gasteiger charge is -2.09. The second-order valence-corrected chi connectivity index (χ2v) is 5.72. The fraction of sp³-hybridized carbons (Fsp3) is 0.111. The summed E-state index contributed by atoms with van der Waals surface area (Å²) in [5.74, 6) is 0.162. The maximum absolute atomic E-state index is 12.4. The summed E-state index contributed by atoms with van der Waals surface area (Å²) in [6.45, 7) is 0.617. The highest BCUT2D eigenvalue weighted by molar-refractivity contribution is 6.02. The minimum atomic E-state index is -0.455. The number of rotatable bonds is 5. The first kappa shape index (κ1) is 15.8. The van der Waals surface area contributed by atoms with Gasteiger partial charge in [0, 0.05) is 30.9 Å². The SMILES string of the molecule is Nc1cc(C(=O)Nc2nc3ccccc3n2CCc2ccccn2)on1. The zero-order valence-electron chi connectivity index (χ0n) is 13.8. The highest BCUT2D eigenvalue weighted by atomic mass is 16.5. The van der Waals surface area contributed by atoms with Crippen molar-refractivity contribution in [3.05, 3.63) is 66.2 Å². The van der Waals surface area contributed by atoms with Gasteiger partial charge in [0.15, 0.2) is 5.82 Å². The smallest absolute Gasteiger partial charge is 0.296 e. The fourth-order valence-corrected chi connectivity index (χ4v) is 2.73. The second kappa shape index (κ2) is 6.67. The van der Waals surface area contributed by atoms with Gasteiger partial charge in [0.25, 0.3) is 5.91 Å². The predicted octanol–water partition coefficient (Wildman–Crippen LogP) is 2.50. The molecule has 0 bridgehead atoms. The van der Waals surface area contributed by atoms with E-state index in [0.717, 1.165) is 16.7 Å². The van der Waals surface area contributed by atoms with Crippen molar-refractivity contribution in [2.75, 3.05) is 11.1 Å². The molecule has 3 N–H and O–H groups in total. The maximum Gasteiger partial charge on any atom is 0.296 e. The fourth-order valence-electron chi connectivity index (χ4n) is 2.73. The number of aryl methyl sites for hydroxylation is 2. The van der Waals surface area contributed by atoms with Crippen molar-refractivity contribution in [1.29, 1.82) is 0 Å². The summed E-state index contributed by atoms with van der Waals surface area (Å²) in [7, 11) is 0. The molecule has 0 aliphatic heterocycles. The summed E-state index contributed by atoms with van der Waals surface area (Å²) < 4.78 is 6.85. The quantitative estimate of drug-likeness (QED) is 0.573. The number of aromatic nitrogens is 4. The van der Waals surface area contributed by atoms with Crippen molar-refractivity contribution in [1.82, 2.24) is 19.7 Å². The number of para-hydroxylation sites is 2. The number of benzene rings is 1. The highest BCUT2D eigenvalue weighted by Gasteiger charge is 2.17. The molecule has 1 amide bonds. The molecule has 0 radical (unpaired) electrons. The molecule has 3 heterocycles. The standard InChI is InChI=1S/C18H16N6O2/c19-16-11-15(26-23-16)17(25)22-18-21-13-6-1-2-7-14(13)24(18)10-8-12-5-3-4-9-20-12/h1-7,9,11H,8,10H2,(H2,19,23)(H,21,22,25). The molecule has 26 heavy (non-hydrogen) atoms. The Labute approximate surface area is 148 Å². The number of hydrogen-bond acceptors (Lipinski definition) is 6. The van der Waals surface area contributed by atoms with Gasteiger partial charge in [0.2, 0.25) is 11.7 Å². The molecule has 0 saturated carbocycles. The van der Waals surface area contributed by atoms with Gasteiger partial charge in [0.05, 0.1) is 11.0 Å². The van der Waals surface area contributed by atoms with Crippen LogP contribution in [0.3, 0.4) is 0 Å². The van der Waals surface area contributed by atoms with E-state index in [9.17, 15) is 4.79 Å². The number of nitrogen functional groups attached to an aromatic ring is 1. The number of pyridine rings is 1. The molecule has 0 atom stereocenters. The number of hydrogen-bond donors (Lipinski definition) is 2. The normalized spacial score (nSPS) is 10.9. The summed E-state index contributed by atoms with van der Waals surface area (Å²) in [5.41, 5.74) is 8.18. The highest BCUT2D eigenvalue weighted by Crippen LogP contribution is 2.21. The lowest BCUT2D eigenvalue weighted by Crippen LogP contribution is -2.16. The summed E-state index contributed by atoms with van der Waals surface area (Å²) in [6, 6.07) is 14.9. The monoisotopic (exact) mass is 348 g/mol. The van der Waals surface area contributed by atoms with E-state index in [0.29, 0.717) is 18.9 Å². The van der Waals surface area contributed by atoms with Crippen molar-refractivity contribution in [3.8, 4) is 0 Å². The van der Waals surface area contributed by atoms with Crippen LogP contribution in [-0.2, 0) is 13.0 Å². The molecule has 4 aromatic rings. The molecule has 8 heteroatoms. The lowest BCUT2D eigenvalue weighted by molar-refractivity contribution is 0.0987. The second-order valence-electron chi connectivity index (χ2n) is 5.72. The van der Waals surface area contributed by atoms with Crippen LogP contribution in [-0.4, -0.2) is 25.6 Å². The number of imidazole rings is 1. The average Bonchev–Trinajstić information content (AvgIpc) is 3.24. The lowest BCUT2D eigenvalue weighted by atomic mass is 10.2. The molecule has 3 aromatic heterocycles. The van der Waals surface area contributed by atoms with E-state index in [4.69, 9.17) is 10.3 Å². The third-order valence-electron chi connectivity index (χ3n) is 3.95. The first-order chi connectivity index (χ1) is 12.7. The number of fused-ring (bicyclic) bond motifs is 1. The van der Waals surface area contributed by atoms with Gasteiger partial charge in [0.1, 0.15) is 0 Å². The Morgan fingerprint density at radius 1 is 1.19 bits per heavy atom. The number of amides is 1. The Kier molecular flexibility index (Phi) is 4.06. The van der Waals surface area contributed by atoms with Crippen LogP contribution in [0.2, 0.25) is 0 Å². The molecule has 1 aromatic carbocycles. The molecule has 130 valence electrons. The van der Waals surface area contributed by atoms with Gasteiger partial charge >= 0.3 is 0 Å². The number of nitrogens with one attached hydrogen (secondary N) is 1. The zero-order chi connectivity index (χ0) is 17.9. The van der Waals surface area contributed by atoms with Gasteiger partial charge < -0.3 is 14.8 Å². The van der Waals surface area contributed by atoms with Gasteiger partial charge in [-0.15, -0.1) is 0 Å². The van der Waals surface area contributed by atoms with Crippen LogP contribution < -0.4 is 11.1 Å². The van der Waals surface area contributed by atoms with E-state index in [1.807, 2.05) is 47.0 Å². The molecule has 8 nitrogen and oxygen atoms in total. The Morgan fingerprint density at radius 3 is 2.81 bits per heavy atom. The molecule has 4 rings (SSSR count). The first-order valence-corrected chi connectivity index (χ1v) is 8.09. The van der Waals surface area contributed by atoms with Crippen molar-refractivity contribution >= 4 is 28.7 Å². The van der Waals surface area contributed by atoms with Crippen LogP contribution in [0.4, 0.5) is 11.8 Å². The summed E-state index contributed by atoms with van der Waals surface area (Å²) >= 11 is 0. The molecular weight excluding hydrogens is 332 g/mol. The number of nitrogens with zero attached hydrogens (tertiary/aromatic N) is 4. The van der Waals surface area contributed by atoms with Crippen molar-refractivity contribution in [2.24, 2.45) is 0 Å². The van der Waals surface area contributed by atoms with Crippen LogP contribution in [0.5, 0.6) is 0 Å². The van der Waals surface area contributed by atoms with E-state index in [-0.39, 0.29) is 11.6 Å². The van der Waals surface area contributed by atoms with E-state index in [1.54, 1.807) is 6.20 Å². The molecule has 0 aliphatic carbocycles. The Morgan fingerprint density at radius 2 is 2.04 bits per heavy atom. The van der Waals surface area contributed by atoms with Gasteiger partial charge in [-0.1, -0.05) is 23.4 Å². The predicted molar refractivity (Wildman–Crippen MR) is 96.5 cm³/mol. The van der Waals surface area contributed by atoms with E-state index >= 15 is 0 Å². The van der Waals surface area contributed by atoms with Crippen LogP contribution in [0.1, 0.15) is 16.2 Å². The minimum Gasteiger partial charge on any atom is -0.381 e. The van der Waals surface area contributed by atoms with Crippen LogP contribution in [0.15, 0.2) is 59.3 Å². The summed E-state index contributed by atoms with van der Waals surface area (Å²) in [5, 5.41) is 6.30. The van der Waals surface area contributed by atoms with Gasteiger partial charge in [-0.2, -0.15) is 0 Å². The minimum absolute atomic E-state index is 0.0332. The van der Waals surface area contributed by atoms with Gasteiger partial charge in [-0.25, -0.2) is 4.98 Å². The van der Waals surface area contributed by atoms with E-state index < -0.39 is 5.91 Å². The van der Waals surface area contributed by atoms with Crippen LogP contribution >= 0.6 is 0 Å². The van der Waals surface area contributed by atoms with Crippen LogP contribution in [0, 0.1) is 0 Å². The molecular formula is C18H16N6O2. The van der Waals surface area contributed by atoms with Crippen molar-refractivity contribution in [3.63, 3.8) is 0 Å². The average molecular weight is 348 g/mol. The van der Waals surface area contributed by atoms with Gasteiger partial charge in [-0.05, 0) is 24.3 Å².